The Kier molecular flexibility index (Phi) is 4.48. The van der Waals surface area contributed by atoms with E-state index in [0.717, 1.165) is 17.7 Å². The van der Waals surface area contributed by atoms with Gasteiger partial charge in [0, 0.05) is 23.3 Å². The highest BCUT2D eigenvalue weighted by Gasteiger charge is 2.32. The molecule has 0 atom stereocenters. The van der Waals surface area contributed by atoms with Crippen LogP contribution in [0.4, 0.5) is 0 Å². The Balaban J connectivity index is 2.73. The van der Waals surface area contributed by atoms with Crippen LogP contribution in [0, 0.1) is 5.41 Å². The maximum Gasteiger partial charge on any atom is 0.145 e. The molecule has 84 valence electrons. The minimum absolute atomic E-state index is 0.289. The van der Waals surface area contributed by atoms with E-state index in [2.05, 4.69) is 0 Å². The fraction of sp³-hybridized carbons (Fsp3) is 0.583. The number of hydrogen-bond donors (Lipinski definition) is 1. The molecule has 2 N–H and O–H groups in total. The molecule has 3 heteroatoms. The summed E-state index contributed by atoms with van der Waals surface area (Å²) >= 11 is 1.64. The summed E-state index contributed by atoms with van der Waals surface area (Å²) in [6, 6.07) is 3.99. The largest absolute Gasteiger partial charge is 0.329 e. The van der Waals surface area contributed by atoms with Crippen molar-refractivity contribution in [3.63, 3.8) is 0 Å². The van der Waals surface area contributed by atoms with Gasteiger partial charge in [0.15, 0.2) is 0 Å². The number of nitrogens with two attached hydrogens (primary N) is 1. The van der Waals surface area contributed by atoms with E-state index in [4.69, 9.17) is 5.73 Å². The van der Waals surface area contributed by atoms with Crippen molar-refractivity contribution in [2.75, 3.05) is 6.54 Å². The molecule has 1 aromatic heterocycles. The van der Waals surface area contributed by atoms with Gasteiger partial charge in [0.1, 0.15) is 5.78 Å². The molecule has 0 aliphatic carbocycles. The first-order chi connectivity index (χ1) is 7.18. The number of thiophene rings is 1. The summed E-state index contributed by atoms with van der Waals surface area (Å²) < 4.78 is 0. The number of hydrogen-bond acceptors (Lipinski definition) is 3. The van der Waals surface area contributed by atoms with Crippen molar-refractivity contribution in [2.45, 2.75) is 33.1 Å². The van der Waals surface area contributed by atoms with E-state index in [0.29, 0.717) is 13.0 Å². The molecule has 1 rings (SSSR count). The topological polar surface area (TPSA) is 43.1 Å². The summed E-state index contributed by atoms with van der Waals surface area (Å²) in [6.45, 7) is 4.55. The first-order valence-corrected chi connectivity index (χ1v) is 6.32. The van der Waals surface area contributed by atoms with Gasteiger partial charge in [0.2, 0.25) is 0 Å². The second-order valence-corrected chi connectivity index (χ2v) is 4.90. The van der Waals surface area contributed by atoms with E-state index in [1.54, 1.807) is 11.3 Å². The van der Waals surface area contributed by atoms with E-state index in [9.17, 15) is 4.79 Å². The molecule has 0 saturated heterocycles. The van der Waals surface area contributed by atoms with Gasteiger partial charge in [-0.05, 0) is 24.3 Å². The van der Waals surface area contributed by atoms with E-state index < -0.39 is 0 Å². The van der Waals surface area contributed by atoms with Gasteiger partial charge in [-0.25, -0.2) is 0 Å². The molecule has 0 aromatic carbocycles. The molecular formula is C12H19NOS. The quantitative estimate of drug-likeness (QED) is 0.808. The van der Waals surface area contributed by atoms with Crippen molar-refractivity contribution in [3.05, 3.63) is 22.4 Å². The summed E-state index contributed by atoms with van der Waals surface area (Å²) in [4.78, 5) is 13.3. The van der Waals surface area contributed by atoms with Crippen LogP contribution in [0.2, 0.25) is 0 Å². The summed E-state index contributed by atoms with van der Waals surface area (Å²) in [7, 11) is 0. The number of carbonyl (C=O) groups excluding carboxylic acids is 1. The summed E-state index contributed by atoms with van der Waals surface area (Å²) in [5.74, 6) is 0.289. The minimum Gasteiger partial charge on any atom is -0.329 e. The van der Waals surface area contributed by atoms with Crippen molar-refractivity contribution >= 4 is 17.1 Å². The van der Waals surface area contributed by atoms with Crippen molar-refractivity contribution in [1.29, 1.82) is 0 Å². The SMILES string of the molecule is CCC(CC)(CN)C(=O)Cc1cccs1. The van der Waals surface area contributed by atoms with Crippen molar-refractivity contribution in [2.24, 2.45) is 11.1 Å². The fourth-order valence-corrected chi connectivity index (χ4v) is 2.51. The van der Waals surface area contributed by atoms with Crippen LogP contribution in [0.25, 0.3) is 0 Å². The van der Waals surface area contributed by atoms with Gasteiger partial charge in [-0.1, -0.05) is 19.9 Å². The predicted octanol–water partition coefficient (Wildman–Crippen LogP) is 2.62. The van der Waals surface area contributed by atoms with E-state index in [1.165, 1.54) is 0 Å². The zero-order valence-corrected chi connectivity index (χ0v) is 10.3. The third kappa shape index (κ3) is 2.67. The fourth-order valence-electron chi connectivity index (χ4n) is 1.81. The average molecular weight is 225 g/mol. The van der Waals surface area contributed by atoms with Gasteiger partial charge in [0.25, 0.3) is 0 Å². The first-order valence-electron chi connectivity index (χ1n) is 5.44. The standard InChI is InChI=1S/C12H19NOS/c1-3-12(4-2,9-13)11(14)8-10-6-5-7-15-10/h5-7H,3-4,8-9,13H2,1-2H3. The minimum atomic E-state index is -0.302. The Morgan fingerprint density at radius 3 is 2.53 bits per heavy atom. The summed E-state index contributed by atoms with van der Waals surface area (Å²) in [6.07, 6.45) is 2.21. The van der Waals surface area contributed by atoms with Crippen LogP contribution in [-0.2, 0) is 11.2 Å². The molecule has 0 amide bonds. The number of carbonyl (C=O) groups is 1. The van der Waals surface area contributed by atoms with Crippen LogP contribution in [0.15, 0.2) is 17.5 Å². The molecule has 0 aliphatic rings. The Hall–Kier alpha value is -0.670. The molecule has 15 heavy (non-hydrogen) atoms. The molecular weight excluding hydrogens is 206 g/mol. The molecule has 2 nitrogen and oxygen atoms in total. The normalized spacial score (nSPS) is 11.7. The number of rotatable bonds is 6. The molecule has 0 saturated carbocycles. The van der Waals surface area contributed by atoms with Crippen LogP contribution in [0.1, 0.15) is 31.6 Å². The van der Waals surface area contributed by atoms with E-state index >= 15 is 0 Å². The van der Waals surface area contributed by atoms with Crippen molar-refractivity contribution < 1.29 is 4.79 Å². The van der Waals surface area contributed by atoms with Gasteiger partial charge in [-0.3, -0.25) is 4.79 Å². The van der Waals surface area contributed by atoms with Gasteiger partial charge in [-0.2, -0.15) is 0 Å². The monoisotopic (exact) mass is 225 g/mol. The number of ketones is 1. The maximum atomic E-state index is 12.2. The van der Waals surface area contributed by atoms with Gasteiger partial charge >= 0.3 is 0 Å². The Morgan fingerprint density at radius 2 is 2.13 bits per heavy atom. The molecule has 0 bridgehead atoms. The third-order valence-corrected chi connectivity index (χ3v) is 4.13. The summed E-state index contributed by atoms with van der Waals surface area (Å²) in [5.41, 5.74) is 5.44. The molecule has 0 fully saturated rings. The molecule has 1 heterocycles. The Bertz CT molecular complexity index is 293. The molecule has 0 spiro atoms. The highest BCUT2D eigenvalue weighted by atomic mass is 32.1. The van der Waals surface area contributed by atoms with Crippen molar-refractivity contribution in [1.82, 2.24) is 0 Å². The Labute approximate surface area is 95.5 Å². The molecule has 0 unspecified atom stereocenters. The lowest BCUT2D eigenvalue weighted by Gasteiger charge is -2.28. The smallest absolute Gasteiger partial charge is 0.145 e. The second kappa shape index (κ2) is 5.42. The maximum absolute atomic E-state index is 12.2. The van der Waals surface area contributed by atoms with Crippen LogP contribution in [0.3, 0.4) is 0 Å². The van der Waals surface area contributed by atoms with Crippen LogP contribution in [-0.4, -0.2) is 12.3 Å². The number of Topliss-reactive ketones (excluding diaryl/α,β-unsaturated/α-hetero) is 1. The first kappa shape index (κ1) is 12.4. The van der Waals surface area contributed by atoms with Gasteiger partial charge < -0.3 is 5.73 Å². The van der Waals surface area contributed by atoms with Gasteiger partial charge in [0.05, 0.1) is 0 Å². The lowest BCUT2D eigenvalue weighted by atomic mass is 9.77. The lowest BCUT2D eigenvalue weighted by molar-refractivity contribution is -0.128. The van der Waals surface area contributed by atoms with Gasteiger partial charge in [-0.15, -0.1) is 11.3 Å². The van der Waals surface area contributed by atoms with Crippen LogP contribution < -0.4 is 5.73 Å². The molecule has 1 aromatic rings. The van der Waals surface area contributed by atoms with Crippen LogP contribution >= 0.6 is 11.3 Å². The Morgan fingerprint density at radius 1 is 1.47 bits per heavy atom. The predicted molar refractivity (Wildman–Crippen MR) is 65.1 cm³/mol. The van der Waals surface area contributed by atoms with E-state index in [1.807, 2.05) is 31.4 Å². The average Bonchev–Trinajstić information content (AvgIpc) is 2.74. The second-order valence-electron chi connectivity index (χ2n) is 3.87. The lowest BCUT2D eigenvalue weighted by Crippen LogP contribution is -2.38. The zero-order chi connectivity index (χ0) is 11.3. The van der Waals surface area contributed by atoms with Crippen molar-refractivity contribution in [3.8, 4) is 0 Å². The summed E-state index contributed by atoms with van der Waals surface area (Å²) in [5, 5.41) is 2.00. The highest BCUT2D eigenvalue weighted by Crippen LogP contribution is 2.28. The highest BCUT2D eigenvalue weighted by molar-refractivity contribution is 7.10. The van der Waals surface area contributed by atoms with Crippen LogP contribution in [0.5, 0.6) is 0 Å². The molecule has 0 radical (unpaired) electrons. The third-order valence-electron chi connectivity index (χ3n) is 3.25. The zero-order valence-electron chi connectivity index (χ0n) is 9.45. The van der Waals surface area contributed by atoms with E-state index in [-0.39, 0.29) is 11.2 Å². The molecule has 0 aliphatic heterocycles.